The number of sulfonamides is 1. The third-order valence-corrected chi connectivity index (χ3v) is 9.43. The summed E-state index contributed by atoms with van der Waals surface area (Å²) in [6.07, 6.45) is 0.927. The molecule has 2 atom stereocenters. The van der Waals surface area contributed by atoms with E-state index in [1.807, 2.05) is 62.4 Å². The van der Waals surface area contributed by atoms with Gasteiger partial charge in [-0.1, -0.05) is 42.5 Å². The van der Waals surface area contributed by atoms with Gasteiger partial charge in [0.2, 0.25) is 10.0 Å². The fourth-order valence-electron chi connectivity index (χ4n) is 5.24. The molecule has 9 nitrogen and oxygen atoms in total. The van der Waals surface area contributed by atoms with Gasteiger partial charge in [0.15, 0.2) is 0 Å². The number of carbonyl (C=O) groups excluding carboxylic acids is 1. The Hall–Kier alpha value is -3.60. The summed E-state index contributed by atoms with van der Waals surface area (Å²) in [5.41, 5.74) is 4.53. The number of ether oxygens (including phenoxy) is 1. The van der Waals surface area contributed by atoms with Crippen LogP contribution in [-0.4, -0.2) is 64.1 Å². The van der Waals surface area contributed by atoms with E-state index in [1.165, 1.54) is 4.31 Å². The van der Waals surface area contributed by atoms with Crippen LogP contribution in [0.25, 0.3) is 0 Å². The summed E-state index contributed by atoms with van der Waals surface area (Å²) in [6.45, 7) is 5.72. The second kappa shape index (κ2) is 14.5. The Morgan fingerprint density at radius 2 is 1.86 bits per heavy atom. The lowest BCUT2D eigenvalue weighted by Crippen LogP contribution is -2.48. The van der Waals surface area contributed by atoms with Gasteiger partial charge in [-0.25, -0.2) is 8.42 Å². The summed E-state index contributed by atoms with van der Waals surface area (Å²) in [5, 5.41) is 20.8. The largest absolute Gasteiger partial charge is 0.496 e. The van der Waals surface area contributed by atoms with Crippen LogP contribution in [0.15, 0.2) is 66.7 Å². The van der Waals surface area contributed by atoms with Gasteiger partial charge in [-0.2, -0.15) is 0 Å². The van der Waals surface area contributed by atoms with E-state index in [-0.39, 0.29) is 18.2 Å². The van der Waals surface area contributed by atoms with Gasteiger partial charge in [0, 0.05) is 37.4 Å². The minimum atomic E-state index is -3.45. The van der Waals surface area contributed by atoms with Gasteiger partial charge in [0.05, 0.1) is 30.7 Å². The molecule has 1 aliphatic rings. The van der Waals surface area contributed by atoms with E-state index in [1.54, 1.807) is 25.3 Å². The van der Waals surface area contributed by atoms with Crippen LogP contribution >= 0.6 is 0 Å². The van der Waals surface area contributed by atoms with E-state index in [0.717, 1.165) is 28.9 Å². The van der Waals surface area contributed by atoms with E-state index in [0.29, 0.717) is 49.4 Å². The molecule has 0 unspecified atom stereocenters. The predicted molar refractivity (Wildman–Crippen MR) is 168 cm³/mol. The Bertz CT molecular complexity index is 1450. The molecule has 42 heavy (non-hydrogen) atoms. The number of methoxy groups -OCH3 is 1. The Morgan fingerprint density at radius 3 is 2.57 bits per heavy atom. The molecule has 0 spiro atoms. The lowest BCUT2D eigenvalue weighted by atomic mass is 10.00. The Kier molecular flexibility index (Phi) is 10.8. The predicted octanol–water partition coefficient (Wildman–Crippen LogP) is 3.86. The number of nitrogens with zero attached hydrogens (tertiary/aromatic N) is 1. The summed E-state index contributed by atoms with van der Waals surface area (Å²) in [4.78, 5) is 13.7. The lowest BCUT2D eigenvalue weighted by molar-refractivity contribution is 0.0830. The highest BCUT2D eigenvalue weighted by Crippen LogP contribution is 2.28. The molecule has 0 aromatic heterocycles. The van der Waals surface area contributed by atoms with Crippen LogP contribution in [0.3, 0.4) is 0 Å². The first-order valence-electron chi connectivity index (χ1n) is 14.5. The van der Waals surface area contributed by atoms with Gasteiger partial charge >= 0.3 is 0 Å². The maximum atomic E-state index is 13.7. The number of amides is 1. The zero-order valence-electron chi connectivity index (χ0n) is 24.6. The molecule has 0 saturated carbocycles. The van der Waals surface area contributed by atoms with Crippen LogP contribution < -0.4 is 25.0 Å². The second-order valence-electron chi connectivity index (χ2n) is 10.6. The first-order chi connectivity index (χ1) is 20.2. The highest BCUT2D eigenvalue weighted by atomic mass is 32.2. The molecule has 1 heterocycles. The Balaban J connectivity index is 1.54. The normalized spacial score (nSPS) is 16.0. The number of aliphatic hydroxyl groups excluding tert-OH is 1. The quantitative estimate of drug-likeness (QED) is 0.237. The van der Waals surface area contributed by atoms with E-state index >= 15 is 0 Å². The smallest absolute Gasteiger partial charge is 0.251 e. The zero-order valence-corrected chi connectivity index (χ0v) is 25.4. The molecule has 3 aromatic carbocycles. The lowest BCUT2D eigenvalue weighted by Gasteiger charge is -2.29. The highest BCUT2D eigenvalue weighted by Gasteiger charge is 2.28. The van der Waals surface area contributed by atoms with Gasteiger partial charge in [-0.05, 0) is 74.1 Å². The maximum Gasteiger partial charge on any atom is 0.251 e. The molecular weight excluding hydrogens is 552 g/mol. The van der Waals surface area contributed by atoms with Crippen molar-refractivity contribution < 1.29 is 23.1 Å². The van der Waals surface area contributed by atoms with Crippen molar-refractivity contribution in [1.82, 2.24) is 10.6 Å². The zero-order chi connectivity index (χ0) is 30.1. The second-order valence-corrected chi connectivity index (χ2v) is 12.6. The first kappa shape index (κ1) is 31.3. The van der Waals surface area contributed by atoms with Crippen molar-refractivity contribution in [1.29, 1.82) is 0 Å². The number of anilines is 2. The van der Waals surface area contributed by atoms with Crippen molar-refractivity contribution in [3.63, 3.8) is 0 Å². The van der Waals surface area contributed by atoms with E-state index in [9.17, 15) is 18.3 Å². The molecule has 1 saturated heterocycles. The molecule has 0 aliphatic carbocycles. The summed E-state index contributed by atoms with van der Waals surface area (Å²) >= 11 is 0. The molecule has 3 aromatic rings. The minimum Gasteiger partial charge on any atom is -0.496 e. The van der Waals surface area contributed by atoms with Crippen molar-refractivity contribution in [3.05, 3.63) is 89.0 Å². The van der Waals surface area contributed by atoms with Crippen LogP contribution in [-0.2, 0) is 23.0 Å². The SMILES string of the molecule is CCNc1cc(C(=O)N[C@@H](Cc2ccccc2)[C@H](O)CNCc2cccc(OC)c2C)cc(N2CCCCS2(=O)=O)c1. The van der Waals surface area contributed by atoms with Gasteiger partial charge in [0.25, 0.3) is 5.91 Å². The van der Waals surface area contributed by atoms with Crippen molar-refractivity contribution in [2.45, 2.75) is 51.8 Å². The molecule has 1 fully saturated rings. The van der Waals surface area contributed by atoms with Gasteiger partial charge in [-0.3, -0.25) is 9.10 Å². The van der Waals surface area contributed by atoms with E-state index in [4.69, 9.17) is 4.74 Å². The summed E-state index contributed by atoms with van der Waals surface area (Å²) in [6, 6.07) is 20.1. The third-order valence-electron chi connectivity index (χ3n) is 7.56. The molecular formula is C32H42N4O5S. The van der Waals surface area contributed by atoms with Crippen LogP contribution in [0.1, 0.15) is 46.8 Å². The van der Waals surface area contributed by atoms with Crippen molar-refractivity contribution in [2.24, 2.45) is 0 Å². The number of rotatable bonds is 13. The molecule has 4 N–H and O–H groups in total. The van der Waals surface area contributed by atoms with Crippen LogP contribution in [0.2, 0.25) is 0 Å². The van der Waals surface area contributed by atoms with Crippen LogP contribution in [0.4, 0.5) is 11.4 Å². The molecule has 1 aliphatic heterocycles. The molecule has 1 amide bonds. The number of carbonyl (C=O) groups is 1. The molecule has 10 heteroatoms. The van der Waals surface area contributed by atoms with Gasteiger partial charge in [0.1, 0.15) is 5.75 Å². The first-order valence-corrected chi connectivity index (χ1v) is 16.1. The summed E-state index contributed by atoms with van der Waals surface area (Å²) in [7, 11) is -1.81. The van der Waals surface area contributed by atoms with Crippen molar-refractivity contribution in [2.75, 3.05) is 42.1 Å². The van der Waals surface area contributed by atoms with Crippen molar-refractivity contribution in [3.8, 4) is 5.75 Å². The average Bonchev–Trinajstić information content (AvgIpc) is 2.98. The van der Waals surface area contributed by atoms with Gasteiger partial charge in [-0.15, -0.1) is 0 Å². The Morgan fingerprint density at radius 1 is 1.07 bits per heavy atom. The fourth-order valence-corrected chi connectivity index (χ4v) is 6.87. The van der Waals surface area contributed by atoms with Gasteiger partial charge < -0.3 is 25.8 Å². The summed E-state index contributed by atoms with van der Waals surface area (Å²) in [5.74, 6) is 0.516. The minimum absolute atomic E-state index is 0.0909. The molecule has 0 radical (unpaired) electrons. The monoisotopic (exact) mass is 594 g/mol. The van der Waals surface area contributed by atoms with E-state index < -0.39 is 22.2 Å². The summed E-state index contributed by atoms with van der Waals surface area (Å²) < 4.78 is 32.5. The molecule has 226 valence electrons. The van der Waals surface area contributed by atoms with Crippen LogP contribution in [0.5, 0.6) is 5.75 Å². The highest BCUT2D eigenvalue weighted by molar-refractivity contribution is 7.92. The topological polar surface area (TPSA) is 120 Å². The molecule has 0 bridgehead atoms. The number of hydrogen-bond acceptors (Lipinski definition) is 7. The van der Waals surface area contributed by atoms with E-state index in [2.05, 4.69) is 16.0 Å². The number of benzene rings is 3. The van der Waals surface area contributed by atoms with Crippen LogP contribution in [0, 0.1) is 6.92 Å². The maximum absolute atomic E-state index is 13.7. The number of hydrogen-bond donors (Lipinski definition) is 4. The number of aliphatic hydroxyl groups is 1. The fraction of sp³-hybridized carbons (Fsp3) is 0.406. The third kappa shape index (κ3) is 8.02. The Labute approximate surface area is 249 Å². The average molecular weight is 595 g/mol. The number of nitrogens with one attached hydrogen (secondary N) is 3. The molecule has 4 rings (SSSR count). The standard InChI is InChI=1S/C32H42N4O5S/c1-4-34-27-18-26(19-28(20-27)36-15-8-9-16-42(36,39)40)32(38)35-29(17-24-11-6-5-7-12-24)30(37)22-33-21-25-13-10-14-31(41-3)23(25)2/h5-7,10-14,18-20,29-30,33-34,37H,4,8-9,15-17,21-22H2,1-3H3,(H,35,38)/t29-,30+/m0/s1. The van der Waals surface area contributed by atoms with Crippen molar-refractivity contribution >= 4 is 27.3 Å².